The molecule has 0 aliphatic heterocycles. The van der Waals surface area contributed by atoms with Gasteiger partial charge in [0, 0.05) is 11.2 Å². The summed E-state index contributed by atoms with van der Waals surface area (Å²) in [5.74, 6) is 1.00. The molecule has 2 nitrogen and oxygen atoms in total. The smallest absolute Gasteiger partial charge is 0.103 e. The van der Waals surface area contributed by atoms with Crippen molar-refractivity contribution in [2.45, 2.75) is 39.0 Å². The third kappa shape index (κ3) is 3.88. The molecule has 0 bridgehead atoms. The first kappa shape index (κ1) is 13.2. The number of unbranched alkanes of at least 4 members (excludes halogenated alkanes) is 2. The lowest BCUT2D eigenvalue weighted by molar-refractivity contribution is 0.672. The first-order valence-corrected chi connectivity index (χ1v) is 6.88. The second-order valence-corrected chi connectivity index (χ2v) is 5.04. The van der Waals surface area contributed by atoms with Crippen LogP contribution in [0, 0.1) is 6.92 Å². The number of imidazole rings is 1. The van der Waals surface area contributed by atoms with Crippen molar-refractivity contribution < 1.29 is 0 Å². The first-order chi connectivity index (χ1) is 8.75. The van der Waals surface area contributed by atoms with Gasteiger partial charge >= 0.3 is 0 Å². The van der Waals surface area contributed by atoms with Gasteiger partial charge in [0.05, 0.1) is 5.69 Å². The van der Waals surface area contributed by atoms with Gasteiger partial charge in [-0.2, -0.15) is 0 Å². The highest BCUT2D eigenvalue weighted by Crippen LogP contribution is 2.17. The van der Waals surface area contributed by atoms with Crippen LogP contribution in [0.3, 0.4) is 0 Å². The SMILES string of the molecule is Cc1nc(CCCCCc2ccccc2Cl)c[nH]1. The summed E-state index contributed by atoms with van der Waals surface area (Å²) < 4.78 is 0. The first-order valence-electron chi connectivity index (χ1n) is 6.50. The Balaban J connectivity index is 1.66. The Morgan fingerprint density at radius 3 is 2.61 bits per heavy atom. The van der Waals surface area contributed by atoms with Crippen molar-refractivity contribution in [3.05, 3.63) is 52.6 Å². The lowest BCUT2D eigenvalue weighted by atomic mass is 10.1. The fourth-order valence-corrected chi connectivity index (χ4v) is 2.33. The second-order valence-electron chi connectivity index (χ2n) is 4.63. The number of rotatable bonds is 6. The fourth-order valence-electron chi connectivity index (χ4n) is 2.10. The van der Waals surface area contributed by atoms with Crippen LogP contribution in [-0.2, 0) is 12.8 Å². The van der Waals surface area contributed by atoms with E-state index in [0.29, 0.717) is 0 Å². The van der Waals surface area contributed by atoms with Crippen LogP contribution in [0.15, 0.2) is 30.5 Å². The van der Waals surface area contributed by atoms with Crippen molar-refractivity contribution in [2.75, 3.05) is 0 Å². The Labute approximate surface area is 113 Å². The molecule has 1 aromatic heterocycles. The minimum atomic E-state index is 0.889. The molecule has 1 N–H and O–H groups in total. The van der Waals surface area contributed by atoms with Crippen LogP contribution in [0.1, 0.15) is 36.3 Å². The van der Waals surface area contributed by atoms with Gasteiger partial charge in [0.2, 0.25) is 0 Å². The van der Waals surface area contributed by atoms with E-state index in [4.69, 9.17) is 11.6 Å². The number of aromatic amines is 1. The van der Waals surface area contributed by atoms with Crippen molar-refractivity contribution in [3.8, 4) is 0 Å². The number of hydrogen-bond donors (Lipinski definition) is 1. The Hall–Kier alpha value is -1.28. The maximum Gasteiger partial charge on any atom is 0.103 e. The quantitative estimate of drug-likeness (QED) is 0.772. The maximum absolute atomic E-state index is 6.12. The van der Waals surface area contributed by atoms with Crippen molar-refractivity contribution in [1.29, 1.82) is 0 Å². The molecule has 18 heavy (non-hydrogen) atoms. The van der Waals surface area contributed by atoms with Gasteiger partial charge < -0.3 is 4.98 Å². The molecule has 0 aliphatic rings. The van der Waals surface area contributed by atoms with Gasteiger partial charge in [0.15, 0.2) is 0 Å². The minimum Gasteiger partial charge on any atom is -0.349 e. The van der Waals surface area contributed by atoms with E-state index >= 15 is 0 Å². The molecular formula is C15H19ClN2. The predicted octanol–water partition coefficient (Wildman–Crippen LogP) is 4.33. The van der Waals surface area contributed by atoms with Crippen LogP contribution in [0.5, 0.6) is 0 Å². The number of halogens is 1. The van der Waals surface area contributed by atoms with Gasteiger partial charge in [0.1, 0.15) is 5.82 Å². The van der Waals surface area contributed by atoms with E-state index in [2.05, 4.69) is 16.0 Å². The standard InChI is InChI=1S/C15H19ClN2/c1-12-17-11-14(18-12)9-4-2-3-7-13-8-5-6-10-15(13)16/h5-6,8,10-11H,2-4,7,9H2,1H3,(H,17,18). The third-order valence-electron chi connectivity index (χ3n) is 3.10. The van der Waals surface area contributed by atoms with E-state index in [-0.39, 0.29) is 0 Å². The van der Waals surface area contributed by atoms with Gasteiger partial charge in [-0.1, -0.05) is 36.2 Å². The van der Waals surface area contributed by atoms with Gasteiger partial charge in [-0.25, -0.2) is 4.98 Å². The number of aromatic nitrogens is 2. The molecule has 0 radical (unpaired) electrons. The van der Waals surface area contributed by atoms with E-state index in [1.807, 2.05) is 31.3 Å². The summed E-state index contributed by atoms with van der Waals surface area (Å²) in [5, 5.41) is 0.889. The summed E-state index contributed by atoms with van der Waals surface area (Å²) in [6.07, 6.45) is 7.73. The Bertz CT molecular complexity index is 491. The molecule has 0 fully saturated rings. The summed E-state index contributed by atoms with van der Waals surface area (Å²) in [6.45, 7) is 1.99. The van der Waals surface area contributed by atoms with Crippen LogP contribution in [-0.4, -0.2) is 9.97 Å². The maximum atomic E-state index is 6.12. The molecule has 0 unspecified atom stereocenters. The molecule has 0 saturated carbocycles. The topological polar surface area (TPSA) is 28.7 Å². The second kappa shape index (κ2) is 6.60. The highest BCUT2D eigenvalue weighted by Gasteiger charge is 2.00. The Morgan fingerprint density at radius 1 is 1.11 bits per heavy atom. The van der Waals surface area contributed by atoms with Crippen LogP contribution >= 0.6 is 11.6 Å². The van der Waals surface area contributed by atoms with Crippen LogP contribution in [0.4, 0.5) is 0 Å². The van der Waals surface area contributed by atoms with Gasteiger partial charge in [-0.3, -0.25) is 0 Å². The highest BCUT2D eigenvalue weighted by molar-refractivity contribution is 6.31. The largest absolute Gasteiger partial charge is 0.349 e. The van der Waals surface area contributed by atoms with Gasteiger partial charge in [-0.05, 0) is 44.2 Å². The average Bonchev–Trinajstić information content (AvgIpc) is 2.77. The molecule has 2 aromatic rings. The number of nitrogens with zero attached hydrogens (tertiary/aromatic N) is 1. The molecular weight excluding hydrogens is 244 g/mol. The Morgan fingerprint density at radius 2 is 1.89 bits per heavy atom. The molecule has 3 heteroatoms. The molecule has 0 saturated heterocycles. The molecule has 0 spiro atoms. The van der Waals surface area contributed by atoms with Crippen molar-refractivity contribution in [2.24, 2.45) is 0 Å². The monoisotopic (exact) mass is 262 g/mol. The Kier molecular flexibility index (Phi) is 4.82. The predicted molar refractivity (Wildman–Crippen MR) is 76.0 cm³/mol. The fraction of sp³-hybridized carbons (Fsp3) is 0.400. The van der Waals surface area contributed by atoms with Crippen molar-refractivity contribution in [3.63, 3.8) is 0 Å². The van der Waals surface area contributed by atoms with E-state index in [1.54, 1.807) is 0 Å². The normalized spacial score (nSPS) is 10.8. The average molecular weight is 263 g/mol. The zero-order valence-electron chi connectivity index (χ0n) is 10.7. The number of H-pyrrole nitrogens is 1. The van der Waals surface area contributed by atoms with E-state index < -0.39 is 0 Å². The van der Waals surface area contributed by atoms with Crippen LogP contribution in [0.2, 0.25) is 5.02 Å². The lowest BCUT2D eigenvalue weighted by Crippen LogP contribution is -1.90. The molecule has 2 rings (SSSR count). The van der Waals surface area contributed by atoms with E-state index in [1.165, 1.54) is 30.5 Å². The molecule has 0 aliphatic carbocycles. The molecule has 96 valence electrons. The lowest BCUT2D eigenvalue weighted by Gasteiger charge is -2.03. The summed E-state index contributed by atoms with van der Waals surface area (Å²) in [5.41, 5.74) is 2.43. The molecule has 0 atom stereocenters. The summed E-state index contributed by atoms with van der Waals surface area (Å²) in [4.78, 5) is 7.52. The summed E-state index contributed by atoms with van der Waals surface area (Å²) >= 11 is 6.12. The zero-order chi connectivity index (χ0) is 12.8. The summed E-state index contributed by atoms with van der Waals surface area (Å²) in [6, 6.07) is 8.10. The highest BCUT2D eigenvalue weighted by atomic mass is 35.5. The number of nitrogens with one attached hydrogen (secondary N) is 1. The van der Waals surface area contributed by atoms with Crippen LogP contribution < -0.4 is 0 Å². The number of benzene rings is 1. The number of hydrogen-bond acceptors (Lipinski definition) is 1. The number of aryl methyl sites for hydroxylation is 3. The summed E-state index contributed by atoms with van der Waals surface area (Å²) in [7, 11) is 0. The van der Waals surface area contributed by atoms with Gasteiger partial charge in [0.25, 0.3) is 0 Å². The van der Waals surface area contributed by atoms with E-state index in [9.17, 15) is 0 Å². The van der Waals surface area contributed by atoms with Crippen molar-refractivity contribution >= 4 is 11.6 Å². The molecule has 0 amide bonds. The molecule has 1 aromatic carbocycles. The third-order valence-corrected chi connectivity index (χ3v) is 3.46. The van der Waals surface area contributed by atoms with E-state index in [0.717, 1.165) is 23.7 Å². The minimum absolute atomic E-state index is 0.889. The van der Waals surface area contributed by atoms with Gasteiger partial charge in [-0.15, -0.1) is 0 Å². The zero-order valence-corrected chi connectivity index (χ0v) is 11.5. The van der Waals surface area contributed by atoms with Crippen LogP contribution in [0.25, 0.3) is 0 Å². The van der Waals surface area contributed by atoms with Crippen molar-refractivity contribution in [1.82, 2.24) is 9.97 Å². The molecule has 1 heterocycles.